The average molecular weight is 437 g/mol. The predicted octanol–water partition coefficient (Wildman–Crippen LogP) is 4.67. The Balaban J connectivity index is 1.75. The first-order valence-corrected chi connectivity index (χ1v) is 11.0. The molecule has 0 saturated heterocycles. The van der Waals surface area contributed by atoms with Crippen molar-refractivity contribution in [2.24, 2.45) is 0 Å². The lowest BCUT2D eigenvalue weighted by molar-refractivity contribution is 0.0980. The first-order chi connectivity index (χ1) is 16.1. The lowest BCUT2D eigenvalue weighted by Gasteiger charge is -2.22. The van der Waals surface area contributed by atoms with Crippen molar-refractivity contribution in [1.82, 2.24) is 14.0 Å². The predicted molar refractivity (Wildman–Crippen MR) is 131 cm³/mol. The number of amides is 1. The van der Waals surface area contributed by atoms with Crippen LogP contribution in [0.25, 0.3) is 16.7 Å². The van der Waals surface area contributed by atoms with Crippen LogP contribution >= 0.6 is 0 Å². The molecule has 0 aliphatic heterocycles. The van der Waals surface area contributed by atoms with Gasteiger partial charge in [-0.2, -0.15) is 0 Å². The fourth-order valence-corrected chi connectivity index (χ4v) is 4.20. The van der Waals surface area contributed by atoms with E-state index >= 15 is 0 Å². The highest BCUT2D eigenvalue weighted by atomic mass is 16.2. The summed E-state index contributed by atoms with van der Waals surface area (Å²) in [6.07, 6.45) is 1.78. The summed E-state index contributed by atoms with van der Waals surface area (Å²) < 4.78 is 3.41. The van der Waals surface area contributed by atoms with Crippen LogP contribution in [0.2, 0.25) is 0 Å². The molecule has 5 rings (SSSR count). The van der Waals surface area contributed by atoms with E-state index in [1.807, 2.05) is 91.2 Å². The van der Waals surface area contributed by atoms with Gasteiger partial charge in [0.2, 0.25) is 0 Å². The smallest absolute Gasteiger partial charge is 0.274 e. The Kier molecular flexibility index (Phi) is 5.26. The van der Waals surface area contributed by atoms with Crippen LogP contribution in [0.4, 0.5) is 5.69 Å². The van der Waals surface area contributed by atoms with Crippen LogP contribution in [0.3, 0.4) is 0 Å². The molecule has 6 nitrogen and oxygen atoms in total. The van der Waals surface area contributed by atoms with Gasteiger partial charge in [0.25, 0.3) is 11.5 Å². The molecule has 0 aliphatic carbocycles. The largest absolute Gasteiger partial charge is 0.316 e. The number of rotatable bonds is 5. The minimum Gasteiger partial charge on any atom is -0.316 e. The number of benzene rings is 2. The monoisotopic (exact) mass is 436 g/mol. The van der Waals surface area contributed by atoms with Gasteiger partial charge in [0, 0.05) is 25.0 Å². The van der Waals surface area contributed by atoms with Crippen LogP contribution in [-0.2, 0) is 6.54 Å². The molecule has 0 spiro atoms. The van der Waals surface area contributed by atoms with Gasteiger partial charge in [-0.15, -0.1) is 0 Å². The highest BCUT2D eigenvalue weighted by Crippen LogP contribution is 2.23. The molecule has 0 radical (unpaired) electrons. The molecule has 0 unspecified atom stereocenters. The van der Waals surface area contributed by atoms with Crippen molar-refractivity contribution in [1.29, 1.82) is 0 Å². The fraction of sp³-hybridized carbons (Fsp3) is 0.148. The van der Waals surface area contributed by atoms with E-state index in [0.717, 1.165) is 16.8 Å². The topological polar surface area (TPSA) is 59.6 Å². The van der Waals surface area contributed by atoms with Crippen molar-refractivity contribution in [2.45, 2.75) is 20.4 Å². The van der Waals surface area contributed by atoms with E-state index in [2.05, 4.69) is 0 Å². The van der Waals surface area contributed by atoms with Crippen molar-refractivity contribution < 1.29 is 4.79 Å². The van der Waals surface area contributed by atoms with Gasteiger partial charge in [0.05, 0.1) is 5.39 Å². The van der Waals surface area contributed by atoms with Crippen LogP contribution < -0.4 is 10.5 Å². The normalized spacial score (nSPS) is 11.2. The van der Waals surface area contributed by atoms with Gasteiger partial charge in [-0.3, -0.25) is 14.0 Å². The highest BCUT2D eigenvalue weighted by Gasteiger charge is 2.24. The number of anilines is 1. The number of aryl methyl sites for hydroxylation is 1. The Morgan fingerprint density at radius 1 is 0.970 bits per heavy atom. The standard InChI is InChI=1S/C27H24N4O2/c1-3-29(21-12-8-5-9-13-21)27(33)23-16-22-25(30(23)18-20-10-6-4-7-11-20)28-24-15-14-19(2)17-31(24)26(22)32/h4-17H,3,18H2,1-2H3. The minimum atomic E-state index is -0.178. The SMILES string of the molecule is CCN(C(=O)c1cc2c(=O)n3cc(C)ccc3nc2n1Cc1ccccc1)c1ccccc1. The molecule has 1 amide bonds. The second-order valence-corrected chi connectivity index (χ2v) is 8.08. The van der Waals surface area contributed by atoms with Crippen LogP contribution in [0, 0.1) is 6.92 Å². The molecule has 3 aromatic heterocycles. The van der Waals surface area contributed by atoms with Gasteiger partial charge >= 0.3 is 0 Å². The molecule has 0 atom stereocenters. The minimum absolute atomic E-state index is 0.165. The van der Waals surface area contributed by atoms with Crippen molar-refractivity contribution in [3.8, 4) is 0 Å². The molecule has 164 valence electrons. The number of carbonyl (C=O) groups excluding carboxylic acids is 1. The summed E-state index contributed by atoms with van der Waals surface area (Å²) in [7, 11) is 0. The Hall–Kier alpha value is -4.19. The second kappa shape index (κ2) is 8.39. The van der Waals surface area contributed by atoms with Crippen LogP contribution in [0.1, 0.15) is 28.5 Å². The van der Waals surface area contributed by atoms with Gasteiger partial charge in [0.1, 0.15) is 17.0 Å². The van der Waals surface area contributed by atoms with Gasteiger partial charge in [-0.25, -0.2) is 4.98 Å². The number of fused-ring (bicyclic) bond motifs is 2. The van der Waals surface area contributed by atoms with Crippen molar-refractivity contribution in [3.63, 3.8) is 0 Å². The molecule has 6 heteroatoms. The van der Waals surface area contributed by atoms with Crippen LogP contribution in [-0.4, -0.2) is 26.4 Å². The van der Waals surface area contributed by atoms with Gasteiger partial charge in [0.15, 0.2) is 0 Å². The number of hydrogen-bond donors (Lipinski definition) is 0. The van der Waals surface area contributed by atoms with Crippen molar-refractivity contribution in [2.75, 3.05) is 11.4 Å². The molecular formula is C27H24N4O2. The number of nitrogens with zero attached hydrogens (tertiary/aromatic N) is 4. The van der Waals surface area contributed by atoms with E-state index in [1.165, 1.54) is 0 Å². The maximum atomic E-state index is 13.8. The maximum Gasteiger partial charge on any atom is 0.274 e. The summed E-state index contributed by atoms with van der Waals surface area (Å²) in [5, 5.41) is 0.432. The average Bonchev–Trinajstić information content (AvgIpc) is 3.20. The number of aromatic nitrogens is 3. The van der Waals surface area contributed by atoms with E-state index in [0.29, 0.717) is 35.5 Å². The fourth-order valence-electron chi connectivity index (χ4n) is 4.20. The first kappa shape index (κ1) is 20.7. The van der Waals surface area contributed by atoms with E-state index in [-0.39, 0.29) is 11.5 Å². The molecule has 0 saturated carbocycles. The third-order valence-corrected chi connectivity index (χ3v) is 5.84. The summed E-state index contributed by atoms with van der Waals surface area (Å²) in [4.78, 5) is 33.7. The zero-order valence-electron chi connectivity index (χ0n) is 18.6. The molecule has 5 aromatic rings. The Bertz CT molecular complexity index is 1520. The Morgan fingerprint density at radius 2 is 1.67 bits per heavy atom. The van der Waals surface area contributed by atoms with E-state index in [1.54, 1.807) is 21.6 Å². The molecule has 0 N–H and O–H groups in total. The Morgan fingerprint density at radius 3 is 2.36 bits per heavy atom. The lowest BCUT2D eigenvalue weighted by Crippen LogP contribution is -2.32. The number of para-hydroxylation sites is 1. The van der Waals surface area contributed by atoms with E-state index in [4.69, 9.17) is 4.98 Å². The van der Waals surface area contributed by atoms with Crippen LogP contribution in [0.15, 0.2) is 89.9 Å². The zero-order chi connectivity index (χ0) is 22.9. The second-order valence-electron chi connectivity index (χ2n) is 8.08. The molecule has 3 heterocycles. The Labute approximate surface area is 191 Å². The summed E-state index contributed by atoms with van der Waals surface area (Å²) in [6.45, 7) is 4.82. The first-order valence-electron chi connectivity index (χ1n) is 11.0. The molecular weight excluding hydrogens is 412 g/mol. The third kappa shape index (κ3) is 3.69. The number of pyridine rings is 1. The lowest BCUT2D eigenvalue weighted by atomic mass is 10.2. The van der Waals surface area contributed by atoms with E-state index < -0.39 is 0 Å². The molecule has 0 aliphatic rings. The summed E-state index contributed by atoms with van der Waals surface area (Å²) in [5.74, 6) is -0.165. The summed E-state index contributed by atoms with van der Waals surface area (Å²) >= 11 is 0. The summed E-state index contributed by atoms with van der Waals surface area (Å²) in [6, 6.07) is 24.9. The van der Waals surface area contributed by atoms with Crippen molar-refractivity contribution in [3.05, 3.63) is 112 Å². The number of carbonyl (C=O) groups is 1. The van der Waals surface area contributed by atoms with Crippen LogP contribution in [0.5, 0.6) is 0 Å². The third-order valence-electron chi connectivity index (χ3n) is 5.84. The highest BCUT2D eigenvalue weighted by molar-refractivity contribution is 6.07. The van der Waals surface area contributed by atoms with Gasteiger partial charge < -0.3 is 9.47 Å². The zero-order valence-corrected chi connectivity index (χ0v) is 18.6. The summed E-state index contributed by atoms with van der Waals surface area (Å²) in [5.41, 5.74) is 4.14. The van der Waals surface area contributed by atoms with E-state index in [9.17, 15) is 9.59 Å². The van der Waals surface area contributed by atoms with Gasteiger partial charge in [-0.05, 0) is 49.2 Å². The molecule has 0 bridgehead atoms. The molecule has 2 aromatic carbocycles. The molecule has 0 fully saturated rings. The van der Waals surface area contributed by atoms with Crippen molar-refractivity contribution >= 4 is 28.3 Å². The molecule has 33 heavy (non-hydrogen) atoms. The number of hydrogen-bond acceptors (Lipinski definition) is 3. The maximum absolute atomic E-state index is 13.8. The van der Waals surface area contributed by atoms with Gasteiger partial charge in [-0.1, -0.05) is 54.6 Å². The quantitative estimate of drug-likeness (QED) is 0.402.